The van der Waals surface area contributed by atoms with Gasteiger partial charge in [0.05, 0.1) is 12.0 Å². The molecule has 1 aliphatic carbocycles. The molecule has 2 unspecified atom stereocenters. The fourth-order valence-corrected chi connectivity index (χ4v) is 2.10. The van der Waals surface area contributed by atoms with Crippen LogP contribution in [0.15, 0.2) is 12.5 Å². The molecule has 78 valence electrons. The molecule has 0 spiro atoms. The Kier molecular flexibility index (Phi) is 2.59. The lowest BCUT2D eigenvalue weighted by atomic mass is 10.2. The summed E-state index contributed by atoms with van der Waals surface area (Å²) in [4.78, 5) is 4.20. The molecule has 1 aliphatic rings. The number of hydrogen-bond acceptors (Lipinski definition) is 2. The Morgan fingerprint density at radius 1 is 1.64 bits per heavy atom. The van der Waals surface area contributed by atoms with Crippen LogP contribution in [0.25, 0.3) is 0 Å². The maximum Gasteiger partial charge on any atom is 0.0951 e. The lowest BCUT2D eigenvalue weighted by Gasteiger charge is -2.12. The van der Waals surface area contributed by atoms with Crippen LogP contribution >= 0.6 is 0 Å². The van der Waals surface area contributed by atoms with Gasteiger partial charge in [0.15, 0.2) is 0 Å². The van der Waals surface area contributed by atoms with Gasteiger partial charge in [0, 0.05) is 18.3 Å². The summed E-state index contributed by atoms with van der Waals surface area (Å²) in [6.07, 6.45) is 7.40. The first-order chi connectivity index (χ1) is 6.77. The van der Waals surface area contributed by atoms with Gasteiger partial charge < -0.3 is 10.3 Å². The molecule has 2 rings (SSSR count). The molecule has 1 saturated carbocycles. The average molecular weight is 193 g/mol. The lowest BCUT2D eigenvalue weighted by molar-refractivity contribution is 0.568. The molecule has 0 radical (unpaired) electrons. The van der Waals surface area contributed by atoms with Crippen molar-refractivity contribution >= 4 is 0 Å². The molecule has 3 nitrogen and oxygen atoms in total. The molecule has 14 heavy (non-hydrogen) atoms. The van der Waals surface area contributed by atoms with Gasteiger partial charge in [-0.15, -0.1) is 0 Å². The Morgan fingerprint density at radius 3 is 3.00 bits per heavy atom. The first kappa shape index (κ1) is 9.71. The first-order valence-electron chi connectivity index (χ1n) is 5.55. The first-order valence-corrected chi connectivity index (χ1v) is 5.55. The fourth-order valence-electron chi connectivity index (χ4n) is 2.10. The molecular formula is C11H19N3. The Hall–Kier alpha value is -0.830. The Balaban J connectivity index is 2.14. The summed E-state index contributed by atoms with van der Waals surface area (Å²) < 4.78 is 2.28. The van der Waals surface area contributed by atoms with Crippen molar-refractivity contribution in [2.24, 2.45) is 11.7 Å². The second kappa shape index (κ2) is 3.73. The molecule has 3 heteroatoms. The van der Waals surface area contributed by atoms with E-state index in [1.54, 1.807) is 0 Å². The van der Waals surface area contributed by atoms with Crippen LogP contribution in [0.4, 0.5) is 0 Å². The molecule has 0 aliphatic heterocycles. The molecule has 0 amide bonds. The number of nitrogens with two attached hydrogens (primary N) is 1. The number of nitrogens with zero attached hydrogens (tertiary/aromatic N) is 2. The van der Waals surface area contributed by atoms with Gasteiger partial charge in [-0.05, 0) is 18.8 Å². The van der Waals surface area contributed by atoms with Gasteiger partial charge in [0.1, 0.15) is 0 Å². The number of aromatic nitrogens is 2. The second-order valence-electron chi connectivity index (χ2n) is 4.21. The van der Waals surface area contributed by atoms with Crippen LogP contribution in [0.5, 0.6) is 0 Å². The van der Waals surface area contributed by atoms with Crippen LogP contribution in [0, 0.1) is 5.92 Å². The predicted molar refractivity (Wildman–Crippen MR) is 56.9 cm³/mol. The third kappa shape index (κ3) is 1.57. The van der Waals surface area contributed by atoms with E-state index >= 15 is 0 Å². The van der Waals surface area contributed by atoms with Crippen molar-refractivity contribution in [2.45, 2.75) is 45.2 Å². The maximum absolute atomic E-state index is 6.03. The van der Waals surface area contributed by atoms with Crippen LogP contribution in [0.2, 0.25) is 0 Å². The molecule has 1 fully saturated rings. The van der Waals surface area contributed by atoms with E-state index in [4.69, 9.17) is 5.73 Å². The summed E-state index contributed by atoms with van der Waals surface area (Å²) in [5.41, 5.74) is 7.23. The van der Waals surface area contributed by atoms with Crippen molar-refractivity contribution in [2.75, 3.05) is 0 Å². The van der Waals surface area contributed by atoms with Crippen LogP contribution in [0.3, 0.4) is 0 Å². The van der Waals surface area contributed by atoms with Gasteiger partial charge in [-0.1, -0.05) is 20.3 Å². The van der Waals surface area contributed by atoms with Crippen molar-refractivity contribution in [3.63, 3.8) is 0 Å². The number of rotatable bonds is 4. The summed E-state index contributed by atoms with van der Waals surface area (Å²) in [7, 11) is 0. The zero-order valence-electron chi connectivity index (χ0n) is 8.98. The summed E-state index contributed by atoms with van der Waals surface area (Å²) in [5.74, 6) is 0.854. The third-order valence-electron chi connectivity index (χ3n) is 3.28. The highest BCUT2D eigenvalue weighted by molar-refractivity contribution is 5.09. The topological polar surface area (TPSA) is 43.8 Å². The highest BCUT2D eigenvalue weighted by Crippen LogP contribution is 2.46. The smallest absolute Gasteiger partial charge is 0.0951 e. The quantitative estimate of drug-likeness (QED) is 0.797. The van der Waals surface area contributed by atoms with E-state index in [0.29, 0.717) is 6.04 Å². The molecule has 1 aromatic heterocycles. The molecule has 3 atom stereocenters. The highest BCUT2D eigenvalue weighted by atomic mass is 15.1. The van der Waals surface area contributed by atoms with Gasteiger partial charge >= 0.3 is 0 Å². The molecule has 0 saturated heterocycles. The molecule has 0 bridgehead atoms. The zero-order valence-corrected chi connectivity index (χ0v) is 8.98. The van der Waals surface area contributed by atoms with Crippen molar-refractivity contribution in [1.82, 2.24) is 9.55 Å². The highest BCUT2D eigenvalue weighted by Gasteiger charge is 2.38. The van der Waals surface area contributed by atoms with Crippen LogP contribution in [-0.4, -0.2) is 9.55 Å². The Bertz CT molecular complexity index is 305. The molecule has 2 N–H and O–H groups in total. The maximum atomic E-state index is 6.03. The van der Waals surface area contributed by atoms with Crippen molar-refractivity contribution in [3.8, 4) is 0 Å². The summed E-state index contributed by atoms with van der Waals surface area (Å²) in [5, 5.41) is 0. The van der Waals surface area contributed by atoms with E-state index in [2.05, 4.69) is 23.4 Å². The van der Waals surface area contributed by atoms with E-state index in [0.717, 1.165) is 12.3 Å². The van der Waals surface area contributed by atoms with Crippen LogP contribution in [-0.2, 0) is 0 Å². The molecular weight excluding hydrogens is 174 g/mol. The summed E-state index contributed by atoms with van der Waals surface area (Å²) in [6.45, 7) is 4.37. The van der Waals surface area contributed by atoms with E-state index < -0.39 is 0 Å². The van der Waals surface area contributed by atoms with Crippen molar-refractivity contribution in [3.05, 3.63) is 18.2 Å². The Morgan fingerprint density at radius 2 is 2.43 bits per heavy atom. The molecule has 1 aromatic rings. The summed E-state index contributed by atoms with van der Waals surface area (Å²) in [6, 6.07) is 0.825. The predicted octanol–water partition coefficient (Wildman–Crippen LogP) is 2.26. The largest absolute Gasteiger partial charge is 0.330 e. The third-order valence-corrected chi connectivity index (χ3v) is 3.28. The van der Waals surface area contributed by atoms with Crippen LogP contribution in [0.1, 0.15) is 50.9 Å². The van der Waals surface area contributed by atoms with E-state index in [1.807, 2.05) is 12.5 Å². The van der Waals surface area contributed by atoms with E-state index in [9.17, 15) is 0 Å². The normalized spacial score (nSPS) is 27.6. The molecule has 1 heterocycles. The molecule has 0 aromatic carbocycles. The SMILES string of the molecule is CCC1CC1n1cncc1[C@H](N)CC. The van der Waals surface area contributed by atoms with Crippen molar-refractivity contribution in [1.29, 1.82) is 0 Å². The van der Waals surface area contributed by atoms with Crippen molar-refractivity contribution < 1.29 is 0 Å². The fraction of sp³-hybridized carbons (Fsp3) is 0.727. The second-order valence-corrected chi connectivity index (χ2v) is 4.21. The minimum absolute atomic E-state index is 0.149. The monoisotopic (exact) mass is 193 g/mol. The lowest BCUT2D eigenvalue weighted by Crippen LogP contribution is -2.14. The van der Waals surface area contributed by atoms with E-state index in [-0.39, 0.29) is 6.04 Å². The number of hydrogen-bond donors (Lipinski definition) is 1. The van der Waals surface area contributed by atoms with Gasteiger partial charge in [0.2, 0.25) is 0 Å². The van der Waals surface area contributed by atoms with Gasteiger partial charge in [-0.2, -0.15) is 0 Å². The zero-order chi connectivity index (χ0) is 10.1. The van der Waals surface area contributed by atoms with Gasteiger partial charge in [-0.25, -0.2) is 4.98 Å². The van der Waals surface area contributed by atoms with Gasteiger partial charge in [0.25, 0.3) is 0 Å². The minimum atomic E-state index is 0.149. The standard InChI is InChI=1S/C11H19N3/c1-3-8-5-10(8)14-7-13-6-11(14)9(12)4-2/h6-10H,3-5,12H2,1-2H3/t8?,9-,10?/m1/s1. The summed E-state index contributed by atoms with van der Waals surface area (Å²) >= 11 is 0. The number of imidazole rings is 1. The van der Waals surface area contributed by atoms with Gasteiger partial charge in [-0.3, -0.25) is 0 Å². The Labute approximate surface area is 85.3 Å². The van der Waals surface area contributed by atoms with E-state index in [1.165, 1.54) is 18.5 Å². The van der Waals surface area contributed by atoms with Crippen LogP contribution < -0.4 is 5.73 Å². The average Bonchev–Trinajstić information content (AvgIpc) is 2.85. The minimum Gasteiger partial charge on any atom is -0.330 e.